The van der Waals surface area contributed by atoms with Gasteiger partial charge in [0.05, 0.1) is 17.3 Å². The molecule has 0 aromatic carbocycles. The maximum absolute atomic E-state index is 5.11. The lowest BCUT2D eigenvalue weighted by Crippen LogP contribution is -2.15. The molecular formula is C13H22N2OS. The topological polar surface area (TPSA) is 34.1 Å². The van der Waals surface area contributed by atoms with Crippen molar-refractivity contribution in [2.75, 3.05) is 13.7 Å². The molecule has 1 fully saturated rings. The Kier molecular flexibility index (Phi) is 4.95. The van der Waals surface area contributed by atoms with E-state index in [1.54, 1.807) is 7.11 Å². The highest BCUT2D eigenvalue weighted by Crippen LogP contribution is 2.24. The highest BCUT2D eigenvalue weighted by atomic mass is 32.1. The highest BCUT2D eigenvalue weighted by Gasteiger charge is 2.21. The molecule has 1 aliphatic rings. The van der Waals surface area contributed by atoms with Crippen molar-refractivity contribution in [2.24, 2.45) is 0 Å². The van der Waals surface area contributed by atoms with Crippen LogP contribution in [0.25, 0.3) is 0 Å². The number of hydrogen-bond acceptors (Lipinski definition) is 4. The molecule has 1 aromatic rings. The quantitative estimate of drug-likeness (QED) is 0.774. The van der Waals surface area contributed by atoms with Crippen LogP contribution in [0.15, 0.2) is 0 Å². The molecule has 1 aromatic heterocycles. The number of aryl methyl sites for hydroxylation is 1. The van der Waals surface area contributed by atoms with Crippen LogP contribution < -0.4 is 5.32 Å². The zero-order valence-corrected chi connectivity index (χ0v) is 11.6. The van der Waals surface area contributed by atoms with Crippen LogP contribution in [0, 0.1) is 0 Å². The number of nitrogens with zero attached hydrogens (tertiary/aromatic N) is 1. The third kappa shape index (κ3) is 4.05. The summed E-state index contributed by atoms with van der Waals surface area (Å²) in [6, 6.07) is 0.772. The molecule has 17 heavy (non-hydrogen) atoms. The molecule has 96 valence electrons. The molecule has 0 amide bonds. The second-order valence-corrected chi connectivity index (χ2v) is 5.79. The second-order valence-electron chi connectivity index (χ2n) is 4.63. The van der Waals surface area contributed by atoms with Gasteiger partial charge in [-0.3, -0.25) is 0 Å². The van der Waals surface area contributed by atoms with Crippen molar-refractivity contribution in [1.29, 1.82) is 0 Å². The molecule has 0 bridgehead atoms. The minimum atomic E-state index is 0.772. The van der Waals surface area contributed by atoms with E-state index in [1.807, 2.05) is 11.3 Å². The van der Waals surface area contributed by atoms with Crippen LogP contribution in [0.3, 0.4) is 0 Å². The van der Waals surface area contributed by atoms with E-state index in [1.165, 1.54) is 34.8 Å². The van der Waals surface area contributed by atoms with Gasteiger partial charge in [0.2, 0.25) is 0 Å². The Morgan fingerprint density at radius 2 is 2.24 bits per heavy atom. The largest absolute Gasteiger partial charge is 0.384 e. The normalized spacial score (nSPS) is 15.4. The zero-order valence-electron chi connectivity index (χ0n) is 10.8. The van der Waals surface area contributed by atoms with Gasteiger partial charge < -0.3 is 10.1 Å². The summed E-state index contributed by atoms with van der Waals surface area (Å²) in [6.45, 7) is 3.99. The second kappa shape index (κ2) is 6.47. The Hall–Kier alpha value is -0.450. The molecule has 4 heteroatoms. The van der Waals surface area contributed by atoms with E-state index in [4.69, 9.17) is 9.72 Å². The van der Waals surface area contributed by atoms with Gasteiger partial charge in [-0.15, -0.1) is 11.3 Å². The van der Waals surface area contributed by atoms with E-state index in [0.717, 1.165) is 32.0 Å². The van der Waals surface area contributed by atoms with Crippen LogP contribution in [-0.2, 0) is 24.1 Å². The standard InChI is InChI=1S/C13H22N2OS/c1-3-4-11-12(9-14-10-5-6-10)17-13(15-11)7-8-16-2/h10,14H,3-9H2,1-2H3. The molecule has 3 nitrogen and oxygen atoms in total. The molecule has 0 spiro atoms. The van der Waals surface area contributed by atoms with Gasteiger partial charge >= 0.3 is 0 Å². The Bertz CT molecular complexity index is 347. The first kappa shape index (κ1) is 13.0. The number of rotatable bonds is 8. The Labute approximate surface area is 108 Å². The summed E-state index contributed by atoms with van der Waals surface area (Å²) in [5, 5.41) is 4.81. The van der Waals surface area contributed by atoms with Gasteiger partial charge in [-0.05, 0) is 19.3 Å². The number of hydrogen-bond donors (Lipinski definition) is 1. The summed E-state index contributed by atoms with van der Waals surface area (Å²) in [4.78, 5) is 6.17. The summed E-state index contributed by atoms with van der Waals surface area (Å²) in [7, 11) is 1.75. The van der Waals surface area contributed by atoms with E-state index in [2.05, 4.69) is 12.2 Å². The Morgan fingerprint density at radius 3 is 2.88 bits per heavy atom. The van der Waals surface area contributed by atoms with Crippen LogP contribution in [0.1, 0.15) is 41.8 Å². The molecule has 0 unspecified atom stereocenters. The minimum Gasteiger partial charge on any atom is -0.384 e. The first-order valence-corrected chi connectivity index (χ1v) is 7.35. The highest BCUT2D eigenvalue weighted by molar-refractivity contribution is 7.11. The predicted octanol–water partition coefficient (Wildman–Crippen LogP) is 2.54. The smallest absolute Gasteiger partial charge is 0.0954 e. The zero-order chi connectivity index (χ0) is 12.1. The van der Waals surface area contributed by atoms with Crippen LogP contribution in [0.2, 0.25) is 0 Å². The fourth-order valence-electron chi connectivity index (χ4n) is 1.83. The number of ether oxygens (including phenoxy) is 1. The van der Waals surface area contributed by atoms with Crippen LogP contribution in [0.4, 0.5) is 0 Å². The first-order chi connectivity index (χ1) is 8.33. The molecular weight excluding hydrogens is 232 g/mol. The lowest BCUT2D eigenvalue weighted by atomic mass is 10.2. The molecule has 1 heterocycles. The van der Waals surface area contributed by atoms with E-state index in [-0.39, 0.29) is 0 Å². The van der Waals surface area contributed by atoms with Gasteiger partial charge in [0.1, 0.15) is 0 Å². The SMILES string of the molecule is CCCc1nc(CCOC)sc1CNC1CC1. The molecule has 1 aliphatic carbocycles. The molecule has 2 rings (SSSR count). The van der Waals surface area contributed by atoms with E-state index in [0.29, 0.717) is 0 Å². The third-order valence-electron chi connectivity index (χ3n) is 2.96. The summed E-state index contributed by atoms with van der Waals surface area (Å²) in [5.41, 5.74) is 1.30. The van der Waals surface area contributed by atoms with E-state index < -0.39 is 0 Å². The maximum atomic E-state index is 5.11. The van der Waals surface area contributed by atoms with Gasteiger partial charge in [-0.25, -0.2) is 4.98 Å². The maximum Gasteiger partial charge on any atom is 0.0954 e. The van der Waals surface area contributed by atoms with Gasteiger partial charge in [0.15, 0.2) is 0 Å². The van der Waals surface area contributed by atoms with Gasteiger partial charge in [0, 0.05) is 31.0 Å². The van der Waals surface area contributed by atoms with Crippen molar-refractivity contribution in [3.63, 3.8) is 0 Å². The summed E-state index contributed by atoms with van der Waals surface area (Å²) in [6.07, 6.45) is 5.91. The fourth-order valence-corrected chi connectivity index (χ4v) is 2.87. The van der Waals surface area contributed by atoms with Gasteiger partial charge in [-0.1, -0.05) is 13.3 Å². The summed E-state index contributed by atoms with van der Waals surface area (Å²) in [5.74, 6) is 0. The van der Waals surface area contributed by atoms with Crippen molar-refractivity contribution in [3.8, 4) is 0 Å². The molecule has 1 N–H and O–H groups in total. The average Bonchev–Trinajstić information content (AvgIpc) is 3.08. The third-order valence-corrected chi connectivity index (χ3v) is 4.12. The fraction of sp³-hybridized carbons (Fsp3) is 0.769. The van der Waals surface area contributed by atoms with Crippen molar-refractivity contribution in [1.82, 2.24) is 10.3 Å². The Morgan fingerprint density at radius 1 is 1.41 bits per heavy atom. The average molecular weight is 254 g/mol. The van der Waals surface area contributed by atoms with E-state index >= 15 is 0 Å². The van der Waals surface area contributed by atoms with Crippen molar-refractivity contribution in [3.05, 3.63) is 15.6 Å². The summed E-state index contributed by atoms with van der Waals surface area (Å²) < 4.78 is 5.11. The molecule has 1 saturated carbocycles. The lowest BCUT2D eigenvalue weighted by Gasteiger charge is -2.01. The van der Waals surface area contributed by atoms with E-state index in [9.17, 15) is 0 Å². The predicted molar refractivity (Wildman–Crippen MR) is 71.6 cm³/mol. The molecule has 0 atom stereocenters. The van der Waals surface area contributed by atoms with Crippen molar-refractivity contribution >= 4 is 11.3 Å². The lowest BCUT2D eigenvalue weighted by molar-refractivity contribution is 0.202. The molecule has 0 aliphatic heterocycles. The molecule has 0 radical (unpaired) electrons. The summed E-state index contributed by atoms with van der Waals surface area (Å²) >= 11 is 1.86. The number of aromatic nitrogens is 1. The number of nitrogens with one attached hydrogen (secondary N) is 1. The van der Waals surface area contributed by atoms with Crippen molar-refractivity contribution < 1.29 is 4.74 Å². The van der Waals surface area contributed by atoms with Crippen molar-refractivity contribution in [2.45, 2.75) is 51.6 Å². The van der Waals surface area contributed by atoms with Crippen LogP contribution in [-0.4, -0.2) is 24.7 Å². The van der Waals surface area contributed by atoms with Crippen LogP contribution in [0.5, 0.6) is 0 Å². The van der Waals surface area contributed by atoms with Gasteiger partial charge in [0.25, 0.3) is 0 Å². The van der Waals surface area contributed by atoms with Crippen LogP contribution >= 0.6 is 11.3 Å². The minimum absolute atomic E-state index is 0.772. The monoisotopic (exact) mass is 254 g/mol. The molecule has 0 saturated heterocycles. The number of methoxy groups -OCH3 is 1. The van der Waals surface area contributed by atoms with Gasteiger partial charge in [-0.2, -0.15) is 0 Å². The first-order valence-electron chi connectivity index (χ1n) is 6.53. The Balaban J connectivity index is 1.95. The number of thiazole rings is 1.